The molecule has 1 atom stereocenters. The normalized spacial score (nSPS) is 12.9. The summed E-state index contributed by atoms with van der Waals surface area (Å²) < 4.78 is 21.8. The first-order chi connectivity index (χ1) is 7.26. The number of rotatable bonds is 7. The smallest absolute Gasteiger partial charge is 0.117 e. The largest absolute Gasteiger partial charge is 0.464 e. The molecule has 0 saturated heterocycles. The first-order valence-electron chi connectivity index (χ1n) is 4.82. The molecular formula is C10H17NO3S. The lowest BCUT2D eigenvalue weighted by molar-refractivity contribution is 0.218. The van der Waals surface area contributed by atoms with Gasteiger partial charge in [0, 0.05) is 23.7 Å². The minimum absolute atomic E-state index is 0.465. The molecular weight excluding hydrogens is 214 g/mol. The van der Waals surface area contributed by atoms with Gasteiger partial charge in [-0.3, -0.25) is 4.21 Å². The second kappa shape index (κ2) is 6.76. The molecule has 86 valence electrons. The van der Waals surface area contributed by atoms with E-state index in [0.29, 0.717) is 24.7 Å². The maximum Gasteiger partial charge on any atom is 0.117 e. The molecule has 0 aliphatic heterocycles. The minimum atomic E-state index is -0.901. The fraction of sp³-hybridized carbons (Fsp3) is 0.600. The van der Waals surface area contributed by atoms with Crippen molar-refractivity contribution in [1.29, 1.82) is 0 Å². The van der Waals surface area contributed by atoms with Crippen molar-refractivity contribution >= 4 is 10.8 Å². The van der Waals surface area contributed by atoms with Gasteiger partial charge in [-0.15, -0.1) is 0 Å². The summed E-state index contributed by atoms with van der Waals surface area (Å²) in [5.41, 5.74) is 0. The highest BCUT2D eigenvalue weighted by Crippen LogP contribution is 2.09. The summed E-state index contributed by atoms with van der Waals surface area (Å²) in [6.07, 6.45) is 0. The summed E-state index contributed by atoms with van der Waals surface area (Å²) in [7, 11) is 2.57. The predicted molar refractivity (Wildman–Crippen MR) is 60.1 cm³/mol. The van der Waals surface area contributed by atoms with Crippen LogP contribution in [0.25, 0.3) is 0 Å². The minimum Gasteiger partial charge on any atom is -0.464 e. The van der Waals surface area contributed by atoms with Crippen molar-refractivity contribution in [3.63, 3.8) is 0 Å². The van der Waals surface area contributed by atoms with E-state index in [1.165, 1.54) is 0 Å². The Bertz CT molecular complexity index is 311. The lowest BCUT2D eigenvalue weighted by Crippen LogP contribution is -2.06. The van der Waals surface area contributed by atoms with Crippen molar-refractivity contribution in [2.45, 2.75) is 12.3 Å². The number of ether oxygens (including phenoxy) is 1. The van der Waals surface area contributed by atoms with Crippen LogP contribution in [0, 0.1) is 0 Å². The van der Waals surface area contributed by atoms with Gasteiger partial charge in [-0.25, -0.2) is 0 Å². The van der Waals surface area contributed by atoms with Crippen molar-refractivity contribution < 1.29 is 13.4 Å². The summed E-state index contributed by atoms with van der Waals surface area (Å²) >= 11 is 0. The molecule has 1 aromatic rings. The van der Waals surface area contributed by atoms with Crippen LogP contribution in [0.3, 0.4) is 0 Å². The molecule has 0 saturated carbocycles. The Balaban J connectivity index is 2.39. The van der Waals surface area contributed by atoms with Crippen LogP contribution in [-0.4, -0.2) is 30.7 Å². The zero-order chi connectivity index (χ0) is 11.1. The molecule has 0 bridgehead atoms. The summed E-state index contributed by atoms with van der Waals surface area (Å²) in [5.74, 6) is 2.66. The quantitative estimate of drug-likeness (QED) is 0.757. The molecule has 4 nitrogen and oxygen atoms in total. The summed E-state index contributed by atoms with van der Waals surface area (Å²) in [6.45, 7) is 1.22. The third-order valence-corrected chi connectivity index (χ3v) is 3.12. The molecule has 1 heterocycles. The highest BCUT2D eigenvalue weighted by atomic mass is 32.2. The van der Waals surface area contributed by atoms with E-state index < -0.39 is 10.8 Å². The Kier molecular flexibility index (Phi) is 5.60. The molecule has 0 radical (unpaired) electrons. The van der Waals surface area contributed by atoms with Gasteiger partial charge in [0.1, 0.15) is 11.5 Å². The molecule has 0 aliphatic rings. The molecule has 1 unspecified atom stereocenters. The fourth-order valence-electron chi connectivity index (χ4n) is 1.18. The Morgan fingerprint density at radius 3 is 2.87 bits per heavy atom. The highest BCUT2D eigenvalue weighted by Gasteiger charge is 2.06. The summed E-state index contributed by atoms with van der Waals surface area (Å²) in [6, 6.07) is 3.77. The van der Waals surface area contributed by atoms with Crippen LogP contribution in [0.15, 0.2) is 16.5 Å². The van der Waals surface area contributed by atoms with E-state index in [1.807, 2.05) is 19.2 Å². The number of hydrogen-bond donors (Lipinski definition) is 1. The molecule has 0 aromatic carbocycles. The summed E-state index contributed by atoms with van der Waals surface area (Å²) in [4.78, 5) is 0. The van der Waals surface area contributed by atoms with Crippen LogP contribution in [0.5, 0.6) is 0 Å². The maximum atomic E-state index is 11.5. The fourth-order valence-corrected chi connectivity index (χ4v) is 2.15. The summed E-state index contributed by atoms with van der Waals surface area (Å²) in [5, 5.41) is 3.00. The van der Waals surface area contributed by atoms with Crippen LogP contribution in [0.2, 0.25) is 0 Å². The topological polar surface area (TPSA) is 51.5 Å². The highest BCUT2D eigenvalue weighted by molar-refractivity contribution is 7.84. The molecule has 0 aliphatic carbocycles. The van der Waals surface area contributed by atoms with E-state index in [9.17, 15) is 4.21 Å². The number of nitrogens with one attached hydrogen (secondary N) is 1. The molecule has 15 heavy (non-hydrogen) atoms. The van der Waals surface area contributed by atoms with Crippen LogP contribution < -0.4 is 5.32 Å². The molecule has 1 aromatic heterocycles. The number of furan rings is 1. The van der Waals surface area contributed by atoms with Gasteiger partial charge in [0.05, 0.1) is 18.9 Å². The second-order valence-corrected chi connectivity index (χ2v) is 4.76. The molecule has 5 heteroatoms. The van der Waals surface area contributed by atoms with Gasteiger partial charge in [-0.1, -0.05) is 0 Å². The van der Waals surface area contributed by atoms with Crippen molar-refractivity contribution in [1.82, 2.24) is 5.32 Å². The predicted octanol–water partition coefficient (Wildman–Crippen LogP) is 0.894. The van der Waals surface area contributed by atoms with Crippen LogP contribution in [0.1, 0.15) is 11.5 Å². The van der Waals surface area contributed by atoms with E-state index in [4.69, 9.17) is 9.15 Å². The van der Waals surface area contributed by atoms with Crippen LogP contribution in [-0.2, 0) is 27.8 Å². The molecule has 1 rings (SSSR count). The second-order valence-electron chi connectivity index (χ2n) is 3.18. The Labute approximate surface area is 92.5 Å². The van der Waals surface area contributed by atoms with Gasteiger partial charge in [0.25, 0.3) is 0 Å². The maximum absolute atomic E-state index is 11.5. The zero-order valence-electron chi connectivity index (χ0n) is 9.12. The van der Waals surface area contributed by atoms with E-state index in [0.717, 1.165) is 11.5 Å². The molecule has 0 spiro atoms. The van der Waals surface area contributed by atoms with Crippen molar-refractivity contribution in [3.8, 4) is 0 Å². The van der Waals surface area contributed by atoms with Crippen LogP contribution in [0.4, 0.5) is 0 Å². The molecule has 0 amide bonds. The van der Waals surface area contributed by atoms with Gasteiger partial charge >= 0.3 is 0 Å². The molecule has 1 N–H and O–H groups in total. The lowest BCUT2D eigenvalue weighted by atomic mass is 10.4. The van der Waals surface area contributed by atoms with E-state index in [-0.39, 0.29) is 0 Å². The standard InChI is InChI=1S/C10H17NO3S/c1-11-7-9-3-4-10(14-9)8-15(12)6-5-13-2/h3-4,11H,5-8H2,1-2H3. The number of methoxy groups -OCH3 is 1. The SMILES string of the molecule is CNCc1ccc(CS(=O)CCOC)o1. The first-order valence-corrected chi connectivity index (χ1v) is 6.31. The van der Waals surface area contributed by atoms with Gasteiger partial charge in [0.15, 0.2) is 0 Å². The van der Waals surface area contributed by atoms with Crippen molar-refractivity contribution in [2.75, 3.05) is 26.5 Å². The van der Waals surface area contributed by atoms with E-state index >= 15 is 0 Å². The van der Waals surface area contributed by atoms with Gasteiger partial charge < -0.3 is 14.5 Å². The third kappa shape index (κ3) is 4.59. The lowest BCUT2D eigenvalue weighted by Gasteiger charge is -1.99. The number of hydrogen-bond acceptors (Lipinski definition) is 4. The Morgan fingerprint density at radius 2 is 2.20 bits per heavy atom. The van der Waals surface area contributed by atoms with Crippen LogP contribution >= 0.6 is 0 Å². The Hall–Kier alpha value is -0.650. The third-order valence-electron chi connectivity index (χ3n) is 1.89. The Morgan fingerprint density at radius 1 is 1.47 bits per heavy atom. The van der Waals surface area contributed by atoms with Gasteiger partial charge in [0.2, 0.25) is 0 Å². The van der Waals surface area contributed by atoms with Gasteiger partial charge in [-0.2, -0.15) is 0 Å². The zero-order valence-corrected chi connectivity index (χ0v) is 9.93. The van der Waals surface area contributed by atoms with Crippen molar-refractivity contribution in [2.24, 2.45) is 0 Å². The average Bonchev–Trinajstić information content (AvgIpc) is 2.63. The monoisotopic (exact) mass is 231 g/mol. The van der Waals surface area contributed by atoms with Crippen molar-refractivity contribution in [3.05, 3.63) is 23.7 Å². The van der Waals surface area contributed by atoms with E-state index in [2.05, 4.69) is 5.32 Å². The first kappa shape index (κ1) is 12.4. The average molecular weight is 231 g/mol. The van der Waals surface area contributed by atoms with Gasteiger partial charge in [-0.05, 0) is 19.2 Å². The molecule has 0 fully saturated rings. The van der Waals surface area contributed by atoms with E-state index in [1.54, 1.807) is 7.11 Å².